The smallest absolute Gasteiger partial charge is 0.289 e. The maximum atomic E-state index is 12.0. The summed E-state index contributed by atoms with van der Waals surface area (Å²) in [6.07, 6.45) is 1.91. The van der Waals surface area contributed by atoms with Gasteiger partial charge in [-0.25, -0.2) is 0 Å². The summed E-state index contributed by atoms with van der Waals surface area (Å²) in [4.78, 5) is 13.9. The lowest BCUT2D eigenvalue weighted by Crippen LogP contribution is -2.32. The zero-order chi connectivity index (χ0) is 12.0. The molecule has 0 aliphatic rings. The van der Waals surface area contributed by atoms with Crippen LogP contribution >= 0.6 is 11.6 Å². The molecule has 16 heavy (non-hydrogen) atoms. The van der Waals surface area contributed by atoms with Crippen molar-refractivity contribution in [3.8, 4) is 0 Å². The Kier molecular flexibility index (Phi) is 5.39. The van der Waals surface area contributed by atoms with Crippen molar-refractivity contribution in [1.82, 2.24) is 4.90 Å². The lowest BCUT2D eigenvalue weighted by Gasteiger charge is -2.19. The molecule has 0 bridgehead atoms. The summed E-state index contributed by atoms with van der Waals surface area (Å²) in [5.74, 6) is 1.28. The molecule has 0 radical (unpaired) electrons. The largest absolute Gasteiger partial charge is 0.455 e. The maximum Gasteiger partial charge on any atom is 0.289 e. The molecule has 1 aromatic rings. The second kappa shape index (κ2) is 6.59. The number of hydrogen-bond acceptors (Lipinski definition) is 2. The van der Waals surface area contributed by atoms with E-state index in [4.69, 9.17) is 16.0 Å². The van der Waals surface area contributed by atoms with Crippen molar-refractivity contribution < 1.29 is 9.21 Å². The fourth-order valence-electron chi connectivity index (χ4n) is 1.58. The Morgan fingerprint density at radius 2 is 1.94 bits per heavy atom. The first-order valence-electron chi connectivity index (χ1n) is 5.66. The van der Waals surface area contributed by atoms with Crippen molar-refractivity contribution in [2.75, 3.05) is 13.1 Å². The number of carbonyl (C=O) groups excluding carboxylic acids is 1. The summed E-state index contributed by atoms with van der Waals surface area (Å²) >= 11 is 5.63. The molecule has 0 aliphatic heterocycles. The third kappa shape index (κ3) is 3.27. The normalized spacial score (nSPS) is 10.4. The van der Waals surface area contributed by atoms with Gasteiger partial charge < -0.3 is 9.32 Å². The van der Waals surface area contributed by atoms with Crippen molar-refractivity contribution in [3.05, 3.63) is 23.7 Å². The van der Waals surface area contributed by atoms with Crippen molar-refractivity contribution >= 4 is 17.5 Å². The number of nitrogens with zero attached hydrogens (tertiary/aromatic N) is 1. The molecule has 0 fully saturated rings. The Bertz CT molecular complexity index is 330. The molecule has 0 unspecified atom stereocenters. The van der Waals surface area contributed by atoms with Crippen LogP contribution in [0, 0.1) is 0 Å². The number of halogens is 1. The van der Waals surface area contributed by atoms with Gasteiger partial charge in [0.2, 0.25) is 0 Å². The van der Waals surface area contributed by atoms with E-state index in [0.717, 1.165) is 25.9 Å². The Morgan fingerprint density at radius 3 is 2.38 bits per heavy atom. The van der Waals surface area contributed by atoms with Gasteiger partial charge in [-0.3, -0.25) is 4.79 Å². The van der Waals surface area contributed by atoms with Crippen LogP contribution in [0.25, 0.3) is 0 Å². The van der Waals surface area contributed by atoms with Crippen LogP contribution in [0.1, 0.15) is 43.0 Å². The summed E-state index contributed by atoms with van der Waals surface area (Å²) in [6, 6.07) is 3.44. The Morgan fingerprint density at radius 1 is 1.31 bits per heavy atom. The fourth-order valence-corrected chi connectivity index (χ4v) is 1.72. The average Bonchev–Trinajstić information content (AvgIpc) is 2.76. The van der Waals surface area contributed by atoms with Crippen LogP contribution in [0.3, 0.4) is 0 Å². The summed E-state index contributed by atoms with van der Waals surface area (Å²) in [7, 11) is 0. The van der Waals surface area contributed by atoms with Gasteiger partial charge in [0.1, 0.15) is 5.76 Å². The van der Waals surface area contributed by atoms with Gasteiger partial charge in [-0.1, -0.05) is 13.8 Å². The lowest BCUT2D eigenvalue weighted by atomic mass is 10.3. The van der Waals surface area contributed by atoms with Crippen molar-refractivity contribution in [2.24, 2.45) is 0 Å². The summed E-state index contributed by atoms with van der Waals surface area (Å²) < 4.78 is 5.35. The highest BCUT2D eigenvalue weighted by Gasteiger charge is 2.17. The lowest BCUT2D eigenvalue weighted by molar-refractivity contribution is 0.0722. The second-order valence-electron chi connectivity index (χ2n) is 3.69. The Labute approximate surface area is 101 Å². The maximum absolute atomic E-state index is 12.0. The molecule has 0 N–H and O–H groups in total. The van der Waals surface area contributed by atoms with Gasteiger partial charge in [0.15, 0.2) is 5.76 Å². The van der Waals surface area contributed by atoms with Crippen LogP contribution in [-0.4, -0.2) is 23.9 Å². The molecular formula is C12H18ClNO2. The third-order valence-corrected chi connectivity index (χ3v) is 2.54. The first kappa shape index (κ1) is 13.1. The standard InChI is InChI=1S/C12H18ClNO2/c1-3-7-14(8-4-2)12(15)11-6-5-10(9-13)16-11/h5-6H,3-4,7-9H2,1-2H3. The number of amides is 1. The number of alkyl halides is 1. The van der Waals surface area contributed by atoms with E-state index in [1.54, 1.807) is 12.1 Å². The quantitative estimate of drug-likeness (QED) is 0.719. The molecule has 0 saturated carbocycles. The van der Waals surface area contributed by atoms with E-state index in [1.165, 1.54) is 0 Å². The van der Waals surface area contributed by atoms with Crippen LogP contribution in [-0.2, 0) is 5.88 Å². The van der Waals surface area contributed by atoms with E-state index in [9.17, 15) is 4.79 Å². The van der Waals surface area contributed by atoms with E-state index < -0.39 is 0 Å². The molecule has 1 rings (SSSR count). The minimum Gasteiger partial charge on any atom is -0.455 e. The van der Waals surface area contributed by atoms with Crippen molar-refractivity contribution in [3.63, 3.8) is 0 Å². The van der Waals surface area contributed by atoms with Crippen molar-refractivity contribution in [1.29, 1.82) is 0 Å². The van der Waals surface area contributed by atoms with Gasteiger partial charge in [0.05, 0.1) is 5.88 Å². The second-order valence-corrected chi connectivity index (χ2v) is 3.96. The van der Waals surface area contributed by atoms with Gasteiger partial charge >= 0.3 is 0 Å². The Hall–Kier alpha value is -0.960. The van der Waals surface area contributed by atoms with E-state index in [-0.39, 0.29) is 5.91 Å². The Balaban J connectivity index is 2.72. The van der Waals surface area contributed by atoms with Gasteiger partial charge in [-0.2, -0.15) is 0 Å². The highest BCUT2D eigenvalue weighted by atomic mass is 35.5. The predicted octanol–water partition coefficient (Wildman–Crippen LogP) is 3.28. The molecule has 0 aliphatic carbocycles. The monoisotopic (exact) mass is 243 g/mol. The molecule has 90 valence electrons. The zero-order valence-corrected chi connectivity index (χ0v) is 10.6. The van der Waals surface area contributed by atoms with Crippen LogP contribution in [0.2, 0.25) is 0 Å². The minimum absolute atomic E-state index is 0.0416. The predicted molar refractivity (Wildman–Crippen MR) is 64.8 cm³/mol. The van der Waals surface area contributed by atoms with Gasteiger partial charge in [-0.15, -0.1) is 11.6 Å². The average molecular weight is 244 g/mol. The molecule has 0 atom stereocenters. The molecular weight excluding hydrogens is 226 g/mol. The molecule has 0 spiro atoms. The molecule has 1 aromatic heterocycles. The summed E-state index contributed by atoms with van der Waals surface area (Å²) in [5.41, 5.74) is 0. The topological polar surface area (TPSA) is 33.5 Å². The molecule has 1 amide bonds. The molecule has 3 nitrogen and oxygen atoms in total. The van der Waals surface area contributed by atoms with Crippen LogP contribution in [0.5, 0.6) is 0 Å². The van der Waals surface area contributed by atoms with Gasteiger partial charge in [0, 0.05) is 13.1 Å². The number of rotatable bonds is 6. The molecule has 1 heterocycles. The number of carbonyl (C=O) groups is 1. The van der Waals surface area contributed by atoms with Gasteiger partial charge in [-0.05, 0) is 25.0 Å². The third-order valence-electron chi connectivity index (χ3n) is 2.28. The molecule has 0 saturated heterocycles. The van der Waals surface area contributed by atoms with Crippen LogP contribution in [0.15, 0.2) is 16.5 Å². The zero-order valence-electron chi connectivity index (χ0n) is 9.83. The molecule has 0 aromatic carbocycles. The highest BCUT2D eigenvalue weighted by Crippen LogP contribution is 2.13. The summed E-state index contributed by atoms with van der Waals surface area (Å²) in [6.45, 7) is 5.65. The minimum atomic E-state index is -0.0416. The first-order valence-corrected chi connectivity index (χ1v) is 6.20. The van der Waals surface area contributed by atoms with Crippen LogP contribution in [0.4, 0.5) is 0 Å². The van der Waals surface area contributed by atoms with E-state index >= 15 is 0 Å². The fraction of sp³-hybridized carbons (Fsp3) is 0.583. The van der Waals surface area contributed by atoms with Crippen LogP contribution < -0.4 is 0 Å². The number of hydrogen-bond donors (Lipinski definition) is 0. The van der Waals surface area contributed by atoms with Crippen molar-refractivity contribution in [2.45, 2.75) is 32.6 Å². The highest BCUT2D eigenvalue weighted by molar-refractivity contribution is 6.16. The summed E-state index contributed by atoms with van der Waals surface area (Å²) in [5, 5.41) is 0. The SMILES string of the molecule is CCCN(CCC)C(=O)c1ccc(CCl)o1. The van der Waals surface area contributed by atoms with E-state index in [2.05, 4.69) is 13.8 Å². The molecule has 4 heteroatoms. The number of furan rings is 1. The first-order chi connectivity index (χ1) is 7.72. The van der Waals surface area contributed by atoms with E-state index in [0.29, 0.717) is 17.4 Å². The van der Waals surface area contributed by atoms with E-state index in [1.807, 2.05) is 4.90 Å². The van der Waals surface area contributed by atoms with Gasteiger partial charge in [0.25, 0.3) is 5.91 Å².